The molecule has 2 nitrogen and oxygen atoms in total. The predicted molar refractivity (Wildman–Crippen MR) is 213 cm³/mol. The second-order valence-electron chi connectivity index (χ2n) is 12.2. The van der Waals surface area contributed by atoms with Gasteiger partial charge in [0.15, 0.2) is 5.42 Å². The fourth-order valence-corrected chi connectivity index (χ4v) is 7.03. The molecule has 0 N–H and O–H groups in total. The maximum Gasteiger partial charge on any atom is 0.158 e. The van der Waals surface area contributed by atoms with Crippen molar-refractivity contribution >= 4 is 63.9 Å². The summed E-state index contributed by atoms with van der Waals surface area (Å²) in [5, 5.41) is 6.33. The first-order chi connectivity index (χ1) is 24.0. The van der Waals surface area contributed by atoms with E-state index in [2.05, 4.69) is 153 Å². The molecule has 1 heterocycles. The lowest BCUT2D eigenvalue weighted by Gasteiger charge is -2.29. The molecule has 7 aromatic rings. The molecular formula is C47H39NO. The zero-order valence-corrected chi connectivity index (χ0v) is 28.2. The summed E-state index contributed by atoms with van der Waals surface area (Å²) in [5.41, 5.74) is 10.1. The summed E-state index contributed by atoms with van der Waals surface area (Å²) in [6.45, 7) is 21.6. The van der Waals surface area contributed by atoms with Crippen LogP contribution < -0.4 is 20.8 Å². The van der Waals surface area contributed by atoms with Crippen LogP contribution >= 0.6 is 0 Å². The van der Waals surface area contributed by atoms with Crippen LogP contribution in [0.3, 0.4) is 0 Å². The van der Waals surface area contributed by atoms with Crippen molar-refractivity contribution in [3.05, 3.63) is 173 Å². The Bertz CT molecular complexity index is 2500. The Labute approximate surface area is 288 Å². The molecule has 0 bridgehead atoms. The molecule has 0 spiro atoms. The van der Waals surface area contributed by atoms with Gasteiger partial charge < -0.3 is 9.32 Å². The van der Waals surface area contributed by atoms with Crippen LogP contribution in [0.15, 0.2) is 145 Å². The normalized spacial score (nSPS) is 12.1. The van der Waals surface area contributed by atoms with E-state index < -0.39 is 0 Å². The molecule has 6 aromatic carbocycles. The highest BCUT2D eigenvalue weighted by atomic mass is 16.3. The second-order valence-corrected chi connectivity index (χ2v) is 12.2. The number of rotatable bonds is 9. The van der Waals surface area contributed by atoms with Gasteiger partial charge in [0.1, 0.15) is 5.76 Å². The number of hydrogen-bond donors (Lipinski definition) is 0. The Balaban J connectivity index is 1.65. The Morgan fingerprint density at radius 2 is 1.39 bits per heavy atom. The molecule has 7 rings (SSSR count). The second kappa shape index (κ2) is 13.2. The first kappa shape index (κ1) is 31.5. The maximum absolute atomic E-state index is 6.69. The maximum atomic E-state index is 6.69. The predicted octanol–water partition coefficient (Wildman–Crippen LogP) is 10.8. The van der Waals surface area contributed by atoms with Gasteiger partial charge in [-0.2, -0.15) is 0 Å². The standard InChI is InChI=1S/C47H39NO/c1-7-17-44-40(9-3)32(6)47(49-44)42(10-4)48(43-27-25-36-23-22-31(5)45-33(8-2)24-26-41(43)46(36)45)39-29-37(34-18-13-11-14-19-34)28-38(30-39)35-20-15-12-16-21-35/h7-8,10-30H,2,4-6,9H2,1,3H3/b17-7-,47-42-. The average molecular weight is 634 g/mol. The Kier molecular flexibility index (Phi) is 8.46. The number of allylic oxidation sites excluding steroid dienone is 1. The van der Waals surface area contributed by atoms with E-state index in [1.165, 1.54) is 0 Å². The molecule has 0 amide bonds. The van der Waals surface area contributed by atoms with Crippen molar-refractivity contribution in [2.75, 3.05) is 4.90 Å². The monoisotopic (exact) mass is 633 g/mol. The van der Waals surface area contributed by atoms with E-state index in [0.29, 0.717) is 5.42 Å². The van der Waals surface area contributed by atoms with Crippen LogP contribution in [0.5, 0.6) is 0 Å². The lowest BCUT2D eigenvalue weighted by molar-refractivity contribution is 0.516. The van der Waals surface area contributed by atoms with Crippen LogP contribution in [0.1, 0.15) is 30.7 Å². The summed E-state index contributed by atoms with van der Waals surface area (Å²) < 4.78 is 6.69. The molecule has 0 aliphatic rings. The molecule has 1 aromatic heterocycles. The molecular weight excluding hydrogens is 595 g/mol. The van der Waals surface area contributed by atoms with Gasteiger partial charge in [-0.3, -0.25) is 0 Å². The highest BCUT2D eigenvalue weighted by Gasteiger charge is 2.22. The minimum Gasteiger partial charge on any atom is -0.454 e. The quantitative estimate of drug-likeness (QED) is 0.157. The van der Waals surface area contributed by atoms with Gasteiger partial charge in [-0.05, 0) is 99.0 Å². The molecule has 0 saturated heterocycles. The number of benzene rings is 6. The lowest BCUT2D eigenvalue weighted by atomic mass is 9.93. The van der Waals surface area contributed by atoms with Gasteiger partial charge in [-0.1, -0.05) is 136 Å². The van der Waals surface area contributed by atoms with Gasteiger partial charge in [0.05, 0.1) is 11.4 Å². The summed E-state index contributed by atoms with van der Waals surface area (Å²) >= 11 is 0. The van der Waals surface area contributed by atoms with Crippen LogP contribution in [0.25, 0.3) is 74.8 Å². The van der Waals surface area contributed by atoms with Gasteiger partial charge >= 0.3 is 0 Å². The number of nitrogens with zero attached hydrogens (tertiary/aromatic N) is 1. The molecule has 49 heavy (non-hydrogen) atoms. The van der Waals surface area contributed by atoms with E-state index in [1.54, 1.807) is 0 Å². The summed E-state index contributed by atoms with van der Waals surface area (Å²) in [7, 11) is 0. The molecule has 0 unspecified atom stereocenters. The highest BCUT2D eigenvalue weighted by molar-refractivity contribution is 6.18. The molecule has 238 valence electrons. The lowest BCUT2D eigenvalue weighted by Crippen LogP contribution is -2.30. The van der Waals surface area contributed by atoms with Crippen molar-refractivity contribution in [3.63, 3.8) is 0 Å². The summed E-state index contributed by atoms with van der Waals surface area (Å²) in [6, 6.07) is 40.8. The third-order valence-corrected chi connectivity index (χ3v) is 9.35. The first-order valence-corrected chi connectivity index (χ1v) is 16.7. The number of hydrogen-bond acceptors (Lipinski definition) is 2. The molecule has 0 saturated carbocycles. The Hall–Kier alpha value is -6.12. The summed E-state index contributed by atoms with van der Waals surface area (Å²) in [5.74, 6) is 0.821. The SMILES string of the molecule is C=C/C(=c1/oc(/C=C\C)c(CC)c1=C)N(c1cc(-c2ccccc2)cc(-c2ccccc2)c1)c1ccc2ccc(=C)c3c(C=C)ccc1c23. The van der Waals surface area contributed by atoms with Crippen molar-refractivity contribution in [3.8, 4) is 22.3 Å². The van der Waals surface area contributed by atoms with Crippen molar-refractivity contribution in [1.29, 1.82) is 0 Å². The smallest absolute Gasteiger partial charge is 0.158 e. The molecule has 0 aliphatic carbocycles. The minimum atomic E-state index is 0.697. The zero-order valence-electron chi connectivity index (χ0n) is 28.2. The van der Waals surface area contributed by atoms with E-state index >= 15 is 0 Å². The third-order valence-electron chi connectivity index (χ3n) is 9.35. The van der Waals surface area contributed by atoms with Crippen molar-refractivity contribution < 1.29 is 4.42 Å². The summed E-state index contributed by atoms with van der Waals surface area (Å²) in [6.07, 6.45) is 8.63. The van der Waals surface area contributed by atoms with Gasteiger partial charge in [-0.15, -0.1) is 0 Å². The zero-order chi connectivity index (χ0) is 34.1. The number of furan rings is 1. The fraction of sp³-hybridized carbons (Fsp3) is 0.0638. The van der Waals surface area contributed by atoms with Crippen molar-refractivity contribution in [2.45, 2.75) is 20.3 Å². The fourth-order valence-electron chi connectivity index (χ4n) is 7.03. The van der Waals surface area contributed by atoms with Crippen LogP contribution in [0, 0.1) is 0 Å². The van der Waals surface area contributed by atoms with Crippen LogP contribution in [0.2, 0.25) is 0 Å². The average Bonchev–Trinajstić information content (AvgIpc) is 3.46. The van der Waals surface area contributed by atoms with E-state index in [1.807, 2.05) is 31.2 Å². The minimum absolute atomic E-state index is 0.697. The molecule has 0 radical (unpaired) electrons. The van der Waals surface area contributed by atoms with Crippen LogP contribution in [-0.4, -0.2) is 0 Å². The van der Waals surface area contributed by atoms with E-state index in [9.17, 15) is 0 Å². The van der Waals surface area contributed by atoms with Crippen LogP contribution in [0.4, 0.5) is 11.4 Å². The van der Waals surface area contributed by atoms with Crippen molar-refractivity contribution in [2.24, 2.45) is 0 Å². The molecule has 0 atom stereocenters. The Morgan fingerprint density at radius 1 is 0.735 bits per heavy atom. The molecule has 2 heteroatoms. The van der Waals surface area contributed by atoms with Crippen molar-refractivity contribution in [1.82, 2.24) is 0 Å². The first-order valence-electron chi connectivity index (χ1n) is 16.7. The summed E-state index contributed by atoms with van der Waals surface area (Å²) in [4.78, 5) is 2.29. The highest BCUT2D eigenvalue weighted by Crippen LogP contribution is 2.42. The number of anilines is 2. The van der Waals surface area contributed by atoms with E-state index in [-0.39, 0.29) is 0 Å². The van der Waals surface area contributed by atoms with E-state index in [4.69, 9.17) is 4.42 Å². The van der Waals surface area contributed by atoms with Crippen LogP contribution in [-0.2, 0) is 6.42 Å². The van der Waals surface area contributed by atoms with E-state index in [0.717, 1.165) is 94.6 Å². The van der Waals surface area contributed by atoms with Gasteiger partial charge in [-0.25, -0.2) is 0 Å². The van der Waals surface area contributed by atoms with Gasteiger partial charge in [0.2, 0.25) is 0 Å². The molecule has 0 aliphatic heterocycles. The van der Waals surface area contributed by atoms with Gasteiger partial charge in [0, 0.05) is 21.9 Å². The largest absolute Gasteiger partial charge is 0.454 e. The third kappa shape index (κ3) is 5.52. The van der Waals surface area contributed by atoms with Gasteiger partial charge in [0.25, 0.3) is 0 Å². The molecule has 0 fully saturated rings. The topological polar surface area (TPSA) is 16.4 Å². The Morgan fingerprint density at radius 3 is 1.98 bits per heavy atom.